The number of tetrazole rings is 1. The van der Waals surface area contributed by atoms with Crippen LogP contribution in [0.4, 0.5) is 0 Å². The number of thioether (sulfide) groups is 1. The Hall–Kier alpha value is -2.67. The van der Waals surface area contributed by atoms with Crippen LogP contribution in [-0.2, 0) is 0 Å². The van der Waals surface area contributed by atoms with Gasteiger partial charge in [-0.05, 0) is 34.7 Å². The van der Waals surface area contributed by atoms with Gasteiger partial charge in [-0.15, -0.1) is 5.10 Å². The summed E-state index contributed by atoms with van der Waals surface area (Å²) in [5.74, 6) is 0.436. The number of hydrogen-bond acceptors (Lipinski definition) is 6. The summed E-state index contributed by atoms with van der Waals surface area (Å²) < 4.78 is 1.63. The van der Waals surface area contributed by atoms with Crippen molar-refractivity contribution in [1.29, 1.82) is 0 Å². The Labute approximate surface area is 137 Å². The van der Waals surface area contributed by atoms with Crippen LogP contribution < -0.4 is 0 Å². The van der Waals surface area contributed by atoms with Crippen LogP contribution in [0, 0.1) is 0 Å². The van der Waals surface area contributed by atoms with Gasteiger partial charge in [0.15, 0.2) is 5.78 Å². The third-order valence-electron chi connectivity index (χ3n) is 3.21. The van der Waals surface area contributed by atoms with Crippen molar-refractivity contribution in [3.05, 3.63) is 60.2 Å². The van der Waals surface area contributed by atoms with E-state index in [2.05, 4.69) is 15.5 Å². The topological polar surface area (TPSA) is 80.9 Å². The maximum Gasteiger partial charge on any atom is 0.214 e. The highest BCUT2D eigenvalue weighted by Crippen LogP contribution is 2.22. The molecule has 0 aliphatic rings. The molecule has 23 heavy (non-hydrogen) atoms. The molecule has 3 rings (SSSR count). The molecule has 0 bridgehead atoms. The minimum absolute atomic E-state index is 0.0108. The Balaban J connectivity index is 1.63. The fourth-order valence-corrected chi connectivity index (χ4v) is 2.91. The van der Waals surface area contributed by atoms with Crippen LogP contribution >= 0.6 is 11.8 Å². The quantitative estimate of drug-likeness (QED) is 0.554. The summed E-state index contributed by atoms with van der Waals surface area (Å²) in [5, 5.41) is 22.0. The van der Waals surface area contributed by atoms with E-state index in [0.29, 0.717) is 22.9 Å². The molecule has 0 fully saturated rings. The fraction of sp³-hybridized carbons (Fsp3) is 0.125. The van der Waals surface area contributed by atoms with Gasteiger partial charge in [0.25, 0.3) is 0 Å². The standard InChI is InChI=1S/C16H14N4O2S/c21-14-9-5-4-8-13(14)15(22)10-11-23-16-17-18-19-20(16)12-6-2-1-3-7-12/h1-9,21H,10-11H2. The maximum absolute atomic E-state index is 12.1. The molecule has 2 aromatic carbocycles. The summed E-state index contributed by atoms with van der Waals surface area (Å²) in [4.78, 5) is 12.1. The van der Waals surface area contributed by atoms with Gasteiger partial charge in [-0.25, -0.2) is 0 Å². The molecule has 0 amide bonds. The van der Waals surface area contributed by atoms with E-state index in [4.69, 9.17) is 0 Å². The van der Waals surface area contributed by atoms with Gasteiger partial charge in [0, 0.05) is 12.2 Å². The number of phenolic OH excluding ortho intramolecular Hbond substituents is 1. The number of para-hydroxylation sites is 2. The van der Waals surface area contributed by atoms with Crippen LogP contribution in [-0.4, -0.2) is 36.8 Å². The number of rotatable bonds is 6. The van der Waals surface area contributed by atoms with Gasteiger partial charge < -0.3 is 5.11 Å². The van der Waals surface area contributed by atoms with Crippen LogP contribution in [0.5, 0.6) is 5.75 Å². The number of aromatic nitrogens is 4. The van der Waals surface area contributed by atoms with Crippen molar-refractivity contribution < 1.29 is 9.90 Å². The van der Waals surface area contributed by atoms with Crippen LogP contribution in [0.15, 0.2) is 59.8 Å². The van der Waals surface area contributed by atoms with E-state index in [9.17, 15) is 9.90 Å². The molecule has 116 valence electrons. The summed E-state index contributed by atoms with van der Waals surface area (Å²) in [6.45, 7) is 0. The molecule has 1 N–H and O–H groups in total. The molecule has 0 unspecified atom stereocenters. The first-order valence-electron chi connectivity index (χ1n) is 7.03. The van der Waals surface area contributed by atoms with Gasteiger partial charge in [0.2, 0.25) is 5.16 Å². The van der Waals surface area contributed by atoms with Gasteiger partial charge >= 0.3 is 0 Å². The molecule has 0 spiro atoms. The van der Waals surface area contributed by atoms with Gasteiger partial charge in [0.05, 0.1) is 11.3 Å². The molecule has 1 aromatic heterocycles. The molecule has 1 heterocycles. The first-order valence-corrected chi connectivity index (χ1v) is 8.02. The third kappa shape index (κ3) is 3.57. The highest BCUT2D eigenvalue weighted by atomic mass is 32.2. The molecule has 6 nitrogen and oxygen atoms in total. The van der Waals surface area contributed by atoms with Crippen LogP contribution in [0.2, 0.25) is 0 Å². The number of ketones is 1. The number of hydrogen-bond donors (Lipinski definition) is 1. The molecule has 3 aromatic rings. The third-order valence-corrected chi connectivity index (χ3v) is 4.13. The molecule has 0 aliphatic heterocycles. The predicted octanol–water partition coefficient (Wildman–Crippen LogP) is 2.73. The van der Waals surface area contributed by atoms with Crippen molar-refractivity contribution in [2.24, 2.45) is 0 Å². The summed E-state index contributed by atoms with van der Waals surface area (Å²) in [5.41, 5.74) is 1.21. The molecular formula is C16H14N4O2S. The number of nitrogens with zero attached hydrogens (tertiary/aromatic N) is 4. The predicted molar refractivity (Wildman–Crippen MR) is 86.9 cm³/mol. The Kier molecular flexibility index (Phi) is 4.68. The lowest BCUT2D eigenvalue weighted by Crippen LogP contribution is -2.03. The van der Waals surface area contributed by atoms with Gasteiger partial charge in [-0.2, -0.15) is 4.68 Å². The Morgan fingerprint density at radius 1 is 1.09 bits per heavy atom. The second kappa shape index (κ2) is 7.06. The van der Waals surface area contributed by atoms with Gasteiger partial charge in [-0.1, -0.05) is 42.1 Å². The molecule has 0 aliphatic carbocycles. The van der Waals surface area contributed by atoms with Crippen LogP contribution in [0.1, 0.15) is 16.8 Å². The van der Waals surface area contributed by atoms with Crippen molar-refractivity contribution >= 4 is 17.5 Å². The Morgan fingerprint density at radius 2 is 1.83 bits per heavy atom. The van der Waals surface area contributed by atoms with Crippen molar-refractivity contribution in [3.63, 3.8) is 0 Å². The molecule has 0 radical (unpaired) electrons. The van der Waals surface area contributed by atoms with Crippen molar-refractivity contribution in [1.82, 2.24) is 20.2 Å². The fourth-order valence-electron chi connectivity index (χ4n) is 2.08. The highest BCUT2D eigenvalue weighted by Gasteiger charge is 2.13. The second-order valence-corrected chi connectivity index (χ2v) is 5.81. The highest BCUT2D eigenvalue weighted by molar-refractivity contribution is 7.99. The minimum Gasteiger partial charge on any atom is -0.507 e. The summed E-state index contributed by atoms with van der Waals surface area (Å²) in [6, 6.07) is 16.1. The molecule has 0 saturated heterocycles. The average Bonchev–Trinajstić information content (AvgIpc) is 3.04. The lowest BCUT2D eigenvalue weighted by molar-refractivity contribution is 0.0987. The first-order chi connectivity index (χ1) is 11.3. The molecule has 0 saturated carbocycles. The zero-order valence-corrected chi connectivity index (χ0v) is 13.0. The van der Waals surface area contributed by atoms with E-state index in [0.717, 1.165) is 5.69 Å². The number of aromatic hydroxyl groups is 1. The second-order valence-electron chi connectivity index (χ2n) is 4.75. The summed E-state index contributed by atoms with van der Waals surface area (Å²) >= 11 is 1.40. The number of Topliss-reactive ketones (excluding diaryl/α,β-unsaturated/α-hetero) is 1. The first kappa shape index (κ1) is 15.2. The zero-order valence-electron chi connectivity index (χ0n) is 12.2. The van der Waals surface area contributed by atoms with E-state index < -0.39 is 0 Å². The SMILES string of the molecule is O=C(CCSc1nnnn1-c1ccccc1)c1ccccc1O. The number of phenols is 1. The molecule has 0 atom stereocenters. The smallest absolute Gasteiger partial charge is 0.214 e. The minimum atomic E-state index is -0.102. The normalized spacial score (nSPS) is 10.6. The van der Waals surface area contributed by atoms with E-state index in [1.807, 2.05) is 30.3 Å². The van der Waals surface area contributed by atoms with Gasteiger partial charge in [0.1, 0.15) is 5.75 Å². The van der Waals surface area contributed by atoms with Crippen LogP contribution in [0.3, 0.4) is 0 Å². The van der Waals surface area contributed by atoms with E-state index >= 15 is 0 Å². The van der Waals surface area contributed by atoms with E-state index in [1.54, 1.807) is 22.9 Å². The monoisotopic (exact) mass is 326 g/mol. The van der Waals surface area contributed by atoms with Crippen molar-refractivity contribution in [3.8, 4) is 11.4 Å². The van der Waals surface area contributed by atoms with Crippen molar-refractivity contribution in [2.75, 3.05) is 5.75 Å². The van der Waals surface area contributed by atoms with Crippen molar-refractivity contribution in [2.45, 2.75) is 11.6 Å². The number of carbonyl (C=O) groups is 1. The molecule has 7 heteroatoms. The summed E-state index contributed by atoms with van der Waals surface area (Å²) in [7, 11) is 0. The largest absolute Gasteiger partial charge is 0.507 e. The number of benzene rings is 2. The Morgan fingerprint density at radius 3 is 2.61 bits per heavy atom. The summed E-state index contributed by atoms with van der Waals surface area (Å²) in [6.07, 6.45) is 0.296. The van der Waals surface area contributed by atoms with Crippen LogP contribution in [0.25, 0.3) is 5.69 Å². The maximum atomic E-state index is 12.1. The van der Waals surface area contributed by atoms with Gasteiger partial charge in [-0.3, -0.25) is 4.79 Å². The average molecular weight is 326 g/mol. The molecular weight excluding hydrogens is 312 g/mol. The zero-order chi connectivity index (χ0) is 16.1. The van der Waals surface area contributed by atoms with E-state index in [-0.39, 0.29) is 11.5 Å². The lowest BCUT2D eigenvalue weighted by Gasteiger charge is -2.04. The number of carbonyl (C=O) groups excluding carboxylic acids is 1. The lowest BCUT2D eigenvalue weighted by atomic mass is 10.1. The van der Waals surface area contributed by atoms with E-state index in [1.165, 1.54) is 17.8 Å². The Bertz CT molecular complexity index is 805.